The minimum atomic E-state index is -0.413. The number of nitrogens with zero attached hydrogens (tertiary/aromatic N) is 2. The third-order valence-electron chi connectivity index (χ3n) is 5.64. The summed E-state index contributed by atoms with van der Waals surface area (Å²) >= 11 is 12.4. The number of esters is 1. The van der Waals surface area contributed by atoms with Gasteiger partial charge in [0, 0.05) is 30.5 Å². The summed E-state index contributed by atoms with van der Waals surface area (Å²) in [6, 6.07) is 12.6. The lowest BCUT2D eigenvalue weighted by molar-refractivity contribution is -0.146. The predicted molar refractivity (Wildman–Crippen MR) is 126 cm³/mol. The minimum Gasteiger partial charge on any atom is -0.460 e. The van der Waals surface area contributed by atoms with Gasteiger partial charge in [-0.25, -0.2) is 4.98 Å². The van der Waals surface area contributed by atoms with Gasteiger partial charge in [0.2, 0.25) is 0 Å². The Morgan fingerprint density at radius 2 is 2.00 bits per heavy atom. The first-order chi connectivity index (χ1) is 15.3. The van der Waals surface area contributed by atoms with Crippen LogP contribution in [0.2, 0.25) is 10.0 Å². The molecule has 0 amide bonds. The van der Waals surface area contributed by atoms with Crippen LogP contribution in [-0.4, -0.2) is 21.6 Å². The van der Waals surface area contributed by atoms with Crippen LogP contribution < -0.4 is 10.9 Å². The van der Waals surface area contributed by atoms with Crippen molar-refractivity contribution in [2.45, 2.75) is 45.9 Å². The molecule has 0 radical (unpaired) electrons. The molecule has 1 N–H and O–H groups in total. The number of benzene rings is 2. The number of halogens is 2. The van der Waals surface area contributed by atoms with Gasteiger partial charge in [0.1, 0.15) is 17.6 Å². The molecule has 0 fully saturated rings. The molecule has 166 valence electrons. The lowest BCUT2D eigenvalue weighted by atomic mass is 10.1. The fourth-order valence-corrected chi connectivity index (χ4v) is 4.70. The van der Waals surface area contributed by atoms with Gasteiger partial charge in [-0.15, -0.1) is 0 Å². The highest BCUT2D eigenvalue weighted by Crippen LogP contribution is 2.36. The van der Waals surface area contributed by atoms with Gasteiger partial charge in [0.25, 0.3) is 5.56 Å². The average Bonchev–Trinajstić information content (AvgIpc) is 3.07. The molecule has 3 aromatic rings. The lowest BCUT2D eigenvalue weighted by Crippen LogP contribution is -2.32. The quantitative estimate of drug-likeness (QED) is 0.518. The Hall–Kier alpha value is -2.83. The maximum Gasteiger partial charge on any atom is 0.302 e. The number of hydrogen-bond acceptors (Lipinski definition) is 5. The molecule has 2 aromatic carbocycles. The normalized spacial score (nSPS) is 17.2. The molecule has 0 saturated heterocycles. The van der Waals surface area contributed by atoms with Crippen molar-refractivity contribution in [1.82, 2.24) is 9.55 Å². The molecule has 1 aliphatic carbocycles. The second-order valence-electron chi connectivity index (χ2n) is 7.74. The molecule has 2 atom stereocenters. The molecule has 0 saturated carbocycles. The van der Waals surface area contributed by atoms with E-state index in [2.05, 4.69) is 5.32 Å². The fraction of sp³-hybridized carbons (Fsp3) is 0.292. The first kappa shape index (κ1) is 22.4. The second kappa shape index (κ2) is 8.96. The van der Waals surface area contributed by atoms with Gasteiger partial charge >= 0.3 is 5.97 Å². The maximum absolute atomic E-state index is 13.5. The fourth-order valence-electron chi connectivity index (χ4n) is 4.20. The van der Waals surface area contributed by atoms with Crippen molar-refractivity contribution < 1.29 is 9.53 Å². The number of aromatic nitrogens is 2. The monoisotopic (exact) mass is 471 g/mol. The molecule has 0 bridgehead atoms. The Bertz CT molecular complexity index is 1260. The Kier molecular flexibility index (Phi) is 6.26. The van der Waals surface area contributed by atoms with Crippen molar-refractivity contribution >= 4 is 34.9 Å². The molecule has 1 heterocycles. The van der Waals surface area contributed by atoms with E-state index in [4.69, 9.17) is 32.9 Å². The zero-order valence-electron chi connectivity index (χ0n) is 18.0. The number of hydrogen-bond donors (Lipinski definition) is 1. The van der Waals surface area contributed by atoms with Crippen LogP contribution in [0.5, 0.6) is 0 Å². The van der Waals surface area contributed by atoms with Crippen LogP contribution in [0.4, 0.5) is 5.69 Å². The number of rotatable bonds is 5. The summed E-state index contributed by atoms with van der Waals surface area (Å²) < 4.78 is 7.15. The molecular weight excluding hydrogens is 449 g/mol. The van der Waals surface area contributed by atoms with E-state index in [1.54, 1.807) is 29.7 Å². The molecule has 6 nitrogen and oxygen atoms in total. The predicted octanol–water partition coefficient (Wildman–Crippen LogP) is 5.19. The Morgan fingerprint density at radius 1 is 1.25 bits per heavy atom. The lowest BCUT2D eigenvalue weighted by Gasteiger charge is -2.24. The van der Waals surface area contributed by atoms with E-state index in [1.807, 2.05) is 31.2 Å². The summed E-state index contributed by atoms with van der Waals surface area (Å²) in [5.41, 5.74) is 3.42. The Balaban J connectivity index is 1.79. The second-order valence-corrected chi connectivity index (χ2v) is 8.59. The minimum absolute atomic E-state index is 0.216. The number of nitrogens with one attached hydrogen (secondary N) is 1. The molecule has 8 heteroatoms. The van der Waals surface area contributed by atoms with E-state index in [-0.39, 0.29) is 17.6 Å². The summed E-state index contributed by atoms with van der Waals surface area (Å²) in [5.74, 6) is 0.119. The summed E-state index contributed by atoms with van der Waals surface area (Å²) in [6.45, 7) is 5.45. The van der Waals surface area contributed by atoms with Crippen LogP contribution in [0, 0.1) is 6.92 Å². The summed E-state index contributed by atoms with van der Waals surface area (Å²) in [4.78, 5) is 29.9. The topological polar surface area (TPSA) is 73.2 Å². The van der Waals surface area contributed by atoms with Gasteiger partial charge in [0.15, 0.2) is 0 Å². The molecule has 0 spiro atoms. The van der Waals surface area contributed by atoms with Crippen LogP contribution in [0.15, 0.2) is 47.3 Å². The van der Waals surface area contributed by atoms with E-state index >= 15 is 0 Å². The average molecular weight is 472 g/mol. The van der Waals surface area contributed by atoms with Crippen LogP contribution in [0.3, 0.4) is 0 Å². The highest BCUT2D eigenvalue weighted by atomic mass is 35.5. The first-order valence-electron chi connectivity index (χ1n) is 10.4. The van der Waals surface area contributed by atoms with Gasteiger partial charge in [-0.2, -0.15) is 0 Å². The first-order valence-corrected chi connectivity index (χ1v) is 11.1. The SMILES string of the molecule is CCn1c(-c2ccc(Cl)cc2Cl)nc(C)c(N[C@@H]2c3ccccc3C[C@@H]2OC(C)=O)c1=O. The molecule has 4 rings (SSSR count). The van der Waals surface area contributed by atoms with Crippen LogP contribution in [0.1, 0.15) is 36.7 Å². The van der Waals surface area contributed by atoms with Crippen molar-refractivity contribution in [1.29, 1.82) is 0 Å². The molecule has 0 unspecified atom stereocenters. The van der Waals surface area contributed by atoms with Gasteiger partial charge in [-0.3, -0.25) is 14.2 Å². The van der Waals surface area contributed by atoms with Gasteiger partial charge < -0.3 is 10.1 Å². The van der Waals surface area contributed by atoms with Gasteiger partial charge in [0.05, 0.1) is 16.8 Å². The van der Waals surface area contributed by atoms with Crippen LogP contribution >= 0.6 is 23.2 Å². The number of fused-ring (bicyclic) bond motifs is 1. The largest absolute Gasteiger partial charge is 0.460 e. The van der Waals surface area contributed by atoms with E-state index in [1.165, 1.54) is 6.92 Å². The summed E-state index contributed by atoms with van der Waals surface area (Å²) in [7, 11) is 0. The van der Waals surface area contributed by atoms with E-state index < -0.39 is 6.10 Å². The zero-order valence-corrected chi connectivity index (χ0v) is 19.5. The summed E-state index contributed by atoms with van der Waals surface area (Å²) in [5, 5.41) is 4.27. The third kappa shape index (κ3) is 4.12. The third-order valence-corrected chi connectivity index (χ3v) is 6.19. The van der Waals surface area contributed by atoms with Gasteiger partial charge in [-0.05, 0) is 43.2 Å². The molecule has 1 aromatic heterocycles. The van der Waals surface area contributed by atoms with Crippen molar-refractivity contribution in [3.05, 3.63) is 79.7 Å². The van der Waals surface area contributed by atoms with Crippen molar-refractivity contribution in [3.63, 3.8) is 0 Å². The molecule has 1 aliphatic rings. The number of ether oxygens (including phenoxy) is 1. The van der Waals surface area contributed by atoms with Crippen LogP contribution in [-0.2, 0) is 22.5 Å². The van der Waals surface area contributed by atoms with E-state index in [9.17, 15) is 9.59 Å². The van der Waals surface area contributed by atoms with Gasteiger partial charge in [-0.1, -0.05) is 47.5 Å². The summed E-state index contributed by atoms with van der Waals surface area (Å²) in [6.07, 6.45) is 0.171. The highest BCUT2D eigenvalue weighted by molar-refractivity contribution is 6.36. The van der Waals surface area contributed by atoms with Crippen molar-refractivity contribution in [2.24, 2.45) is 0 Å². The number of carbonyl (C=O) groups is 1. The van der Waals surface area contributed by atoms with E-state index in [0.29, 0.717) is 45.8 Å². The van der Waals surface area contributed by atoms with E-state index in [0.717, 1.165) is 11.1 Å². The molecular formula is C24H23Cl2N3O3. The Morgan fingerprint density at radius 3 is 2.69 bits per heavy atom. The standard InChI is InChI=1S/C24H23Cl2N3O3/c1-4-29-23(18-10-9-16(25)12-19(18)26)27-13(2)21(24(29)31)28-22-17-8-6-5-7-15(17)11-20(22)32-14(3)30/h5-10,12,20,22,28H,4,11H2,1-3H3/t20-,22+/m0/s1. The number of aryl methyl sites for hydroxylation is 1. The zero-order chi connectivity index (χ0) is 23.0. The van der Waals surface area contributed by atoms with Crippen LogP contribution in [0.25, 0.3) is 11.4 Å². The smallest absolute Gasteiger partial charge is 0.302 e. The van der Waals surface area contributed by atoms with Crippen molar-refractivity contribution in [3.8, 4) is 11.4 Å². The molecule has 32 heavy (non-hydrogen) atoms. The molecule has 0 aliphatic heterocycles. The Labute approximate surface area is 196 Å². The number of anilines is 1. The number of carbonyl (C=O) groups excluding carboxylic acids is 1. The maximum atomic E-state index is 13.5. The van der Waals surface area contributed by atoms with Crippen molar-refractivity contribution in [2.75, 3.05) is 5.32 Å². The highest BCUT2D eigenvalue weighted by Gasteiger charge is 2.35.